The Morgan fingerprint density at radius 3 is 2.43 bits per heavy atom. The maximum absolute atomic E-state index is 13.2. The van der Waals surface area contributed by atoms with Crippen molar-refractivity contribution < 1.29 is 22.7 Å². The second kappa shape index (κ2) is 7.23. The Hall–Kier alpha value is -3.22. The number of rotatable bonds is 4. The van der Waals surface area contributed by atoms with Crippen LogP contribution in [0.1, 0.15) is 49.3 Å². The van der Waals surface area contributed by atoms with Crippen LogP contribution in [0, 0.1) is 22.2 Å². The number of carbonyl (C=O) groups is 1. The van der Waals surface area contributed by atoms with Gasteiger partial charge in [-0.25, -0.2) is 4.98 Å². The molecule has 1 heterocycles. The molecule has 1 aliphatic rings. The van der Waals surface area contributed by atoms with E-state index >= 15 is 0 Å². The lowest BCUT2D eigenvalue weighted by atomic mass is 9.49. The number of amides is 1. The Morgan fingerprint density at radius 1 is 1.23 bits per heavy atom. The smallest absolute Gasteiger partial charge is 0.417 e. The van der Waals surface area contributed by atoms with E-state index in [0.717, 1.165) is 12.1 Å². The number of halogens is 3. The van der Waals surface area contributed by atoms with E-state index in [1.165, 1.54) is 18.6 Å². The van der Waals surface area contributed by atoms with Crippen LogP contribution >= 0.6 is 0 Å². The van der Waals surface area contributed by atoms with Crippen molar-refractivity contribution in [2.24, 2.45) is 10.8 Å². The molecular weight excluding hydrogens is 399 g/mol. The molecule has 10 heteroatoms. The Morgan fingerprint density at radius 2 is 1.90 bits per heavy atom. The van der Waals surface area contributed by atoms with E-state index in [4.69, 9.17) is 10.00 Å². The summed E-state index contributed by atoms with van der Waals surface area (Å²) in [4.78, 5) is 16.2. The highest BCUT2D eigenvalue weighted by molar-refractivity contribution is 5.92. The molecule has 0 bridgehead atoms. The maximum atomic E-state index is 13.2. The Balaban J connectivity index is 1.82. The van der Waals surface area contributed by atoms with E-state index in [0.29, 0.717) is 0 Å². The van der Waals surface area contributed by atoms with Crippen LogP contribution in [-0.2, 0) is 6.18 Å². The van der Waals surface area contributed by atoms with Gasteiger partial charge in [-0.2, -0.15) is 18.4 Å². The minimum Gasteiger partial charge on any atom is -0.489 e. The lowest BCUT2D eigenvalue weighted by molar-refractivity contribution is -0.164. The Labute approximate surface area is 171 Å². The molecule has 7 nitrogen and oxygen atoms in total. The molecule has 1 aromatic carbocycles. The summed E-state index contributed by atoms with van der Waals surface area (Å²) in [5.74, 6) is -0.437. The molecule has 3 rings (SSSR count). The molecule has 1 amide bonds. The van der Waals surface area contributed by atoms with E-state index in [1.54, 1.807) is 6.07 Å². The number of hydrogen-bond donors (Lipinski definition) is 1. The van der Waals surface area contributed by atoms with Gasteiger partial charge in [0.1, 0.15) is 18.2 Å². The molecule has 1 saturated carbocycles. The Kier molecular flexibility index (Phi) is 5.18. The number of alkyl halides is 3. The van der Waals surface area contributed by atoms with Crippen molar-refractivity contribution in [3.8, 4) is 11.8 Å². The fraction of sp³-hybridized carbons (Fsp3) is 0.450. The highest BCUT2D eigenvalue weighted by Gasteiger charge is 2.64. The lowest BCUT2D eigenvalue weighted by Crippen LogP contribution is -2.74. The molecule has 1 N–H and O–H groups in total. The molecule has 1 fully saturated rings. The molecule has 0 saturated heterocycles. The van der Waals surface area contributed by atoms with Crippen molar-refractivity contribution in [1.29, 1.82) is 5.26 Å². The first-order valence-corrected chi connectivity index (χ1v) is 9.10. The zero-order valence-electron chi connectivity index (χ0n) is 16.8. The molecule has 0 aliphatic heterocycles. The molecule has 158 valence electrons. The topological polar surface area (TPSA) is 101 Å². The van der Waals surface area contributed by atoms with Crippen LogP contribution in [0.3, 0.4) is 0 Å². The van der Waals surface area contributed by atoms with E-state index in [1.807, 2.05) is 27.7 Å². The van der Waals surface area contributed by atoms with Gasteiger partial charge >= 0.3 is 6.18 Å². The van der Waals surface area contributed by atoms with Crippen LogP contribution < -0.4 is 10.1 Å². The molecule has 1 aliphatic carbocycles. The average molecular weight is 419 g/mol. The second-order valence-corrected chi connectivity index (χ2v) is 8.36. The van der Waals surface area contributed by atoms with Gasteiger partial charge in [0.15, 0.2) is 5.69 Å². The average Bonchev–Trinajstić information content (AvgIpc) is 2.69. The van der Waals surface area contributed by atoms with Gasteiger partial charge in [0, 0.05) is 16.9 Å². The van der Waals surface area contributed by atoms with Gasteiger partial charge in [0.05, 0.1) is 23.4 Å². The van der Waals surface area contributed by atoms with Gasteiger partial charge in [-0.3, -0.25) is 4.79 Å². The molecular formula is C20H20F3N5O2. The normalized spacial score (nSPS) is 21.8. The summed E-state index contributed by atoms with van der Waals surface area (Å²) < 4.78 is 45.7. The number of aromatic nitrogens is 3. The predicted octanol–water partition coefficient (Wildman–Crippen LogP) is 3.37. The first-order chi connectivity index (χ1) is 13.9. The summed E-state index contributed by atoms with van der Waals surface area (Å²) in [6.07, 6.45) is -2.66. The number of benzene rings is 1. The molecule has 0 unspecified atom stereocenters. The predicted molar refractivity (Wildman–Crippen MR) is 99.2 cm³/mol. The Bertz CT molecular complexity index is 984. The monoisotopic (exact) mass is 419 g/mol. The summed E-state index contributed by atoms with van der Waals surface area (Å²) in [5, 5.41) is 19.2. The van der Waals surface area contributed by atoms with Crippen LogP contribution in [-0.4, -0.2) is 33.2 Å². The molecule has 30 heavy (non-hydrogen) atoms. The van der Waals surface area contributed by atoms with Gasteiger partial charge in [0.25, 0.3) is 5.91 Å². The third kappa shape index (κ3) is 3.67. The lowest BCUT2D eigenvalue weighted by Gasteiger charge is -2.63. The number of carbonyl (C=O) groups excluding carboxylic acids is 1. The zero-order valence-corrected chi connectivity index (χ0v) is 16.8. The fourth-order valence-electron chi connectivity index (χ4n) is 4.42. The van der Waals surface area contributed by atoms with E-state index in [-0.39, 0.29) is 17.5 Å². The van der Waals surface area contributed by atoms with Gasteiger partial charge < -0.3 is 10.1 Å². The largest absolute Gasteiger partial charge is 0.489 e. The maximum Gasteiger partial charge on any atom is 0.417 e. The van der Waals surface area contributed by atoms with Crippen LogP contribution in [0.5, 0.6) is 5.75 Å². The van der Waals surface area contributed by atoms with Gasteiger partial charge in [-0.15, -0.1) is 10.2 Å². The third-order valence-corrected chi connectivity index (χ3v) is 5.50. The SMILES string of the molecule is CC1(C)C(NC(=O)c2cncnn2)C(C)(C)C1Oc1ccc(C#N)c(C(F)(F)F)c1. The molecule has 0 radical (unpaired) electrons. The van der Waals surface area contributed by atoms with E-state index in [2.05, 4.69) is 20.5 Å². The highest BCUT2D eigenvalue weighted by atomic mass is 19.4. The van der Waals surface area contributed by atoms with Crippen molar-refractivity contribution in [3.63, 3.8) is 0 Å². The summed E-state index contributed by atoms with van der Waals surface area (Å²) in [5.41, 5.74) is -2.64. The number of hydrogen-bond acceptors (Lipinski definition) is 6. The van der Waals surface area contributed by atoms with E-state index < -0.39 is 40.1 Å². The van der Waals surface area contributed by atoms with Crippen molar-refractivity contribution in [3.05, 3.63) is 47.5 Å². The van der Waals surface area contributed by atoms with Crippen molar-refractivity contribution in [2.45, 2.75) is 46.0 Å². The summed E-state index contributed by atoms with van der Waals surface area (Å²) in [6.45, 7) is 7.43. The second-order valence-electron chi connectivity index (χ2n) is 8.36. The van der Waals surface area contributed by atoms with Gasteiger partial charge in [-0.1, -0.05) is 27.7 Å². The number of ether oxygens (including phenoxy) is 1. The van der Waals surface area contributed by atoms with Crippen molar-refractivity contribution in [1.82, 2.24) is 20.5 Å². The van der Waals surface area contributed by atoms with Crippen LogP contribution in [0.25, 0.3) is 0 Å². The minimum atomic E-state index is -4.67. The number of nitrogens with one attached hydrogen (secondary N) is 1. The van der Waals surface area contributed by atoms with Crippen molar-refractivity contribution >= 4 is 5.91 Å². The fourth-order valence-corrected chi connectivity index (χ4v) is 4.42. The van der Waals surface area contributed by atoms with E-state index in [9.17, 15) is 18.0 Å². The summed E-state index contributed by atoms with van der Waals surface area (Å²) in [6, 6.07) is 4.48. The highest BCUT2D eigenvalue weighted by Crippen LogP contribution is 2.55. The number of nitriles is 1. The third-order valence-electron chi connectivity index (χ3n) is 5.50. The first-order valence-electron chi connectivity index (χ1n) is 9.10. The van der Waals surface area contributed by atoms with Crippen LogP contribution in [0.2, 0.25) is 0 Å². The van der Waals surface area contributed by atoms with Gasteiger partial charge in [0.2, 0.25) is 0 Å². The van der Waals surface area contributed by atoms with Crippen molar-refractivity contribution in [2.75, 3.05) is 0 Å². The minimum absolute atomic E-state index is 0.00961. The van der Waals surface area contributed by atoms with Crippen LogP contribution in [0.15, 0.2) is 30.7 Å². The molecule has 0 spiro atoms. The molecule has 2 aromatic rings. The first kappa shape index (κ1) is 21.5. The molecule has 1 aromatic heterocycles. The summed E-state index contributed by atoms with van der Waals surface area (Å²) >= 11 is 0. The standard InChI is InChI=1S/C20H20F3N5O2/c1-18(2)16(27-15(29)14-9-25-10-26-28-14)19(3,4)17(18)30-12-6-5-11(8-24)13(7-12)20(21,22)23/h5-7,9-10,16-17H,1-4H3,(H,27,29). The summed E-state index contributed by atoms with van der Waals surface area (Å²) in [7, 11) is 0. The quantitative estimate of drug-likeness (QED) is 0.816. The number of nitrogens with zero attached hydrogens (tertiary/aromatic N) is 4. The molecule has 0 atom stereocenters. The van der Waals surface area contributed by atoms with Crippen LogP contribution in [0.4, 0.5) is 13.2 Å². The van der Waals surface area contributed by atoms with Gasteiger partial charge in [-0.05, 0) is 18.2 Å². The zero-order chi connectivity index (χ0) is 22.3.